The second-order valence-corrected chi connectivity index (χ2v) is 2.81. The highest BCUT2D eigenvalue weighted by molar-refractivity contribution is 7.80. The zero-order chi connectivity index (χ0) is 8.53. The van der Waals surface area contributed by atoms with Gasteiger partial charge in [0.05, 0.1) is 13.2 Å². The van der Waals surface area contributed by atoms with Crippen molar-refractivity contribution in [3.8, 4) is 0 Å². The van der Waals surface area contributed by atoms with Gasteiger partial charge >= 0.3 is 0 Å². The molecule has 0 spiro atoms. The summed E-state index contributed by atoms with van der Waals surface area (Å²) in [6, 6.07) is 0. The molecule has 0 aromatic rings. The third-order valence-corrected chi connectivity index (χ3v) is 1.78. The Labute approximate surface area is 73.4 Å². The van der Waals surface area contributed by atoms with Gasteiger partial charge in [-0.3, -0.25) is 4.90 Å². The fourth-order valence-corrected chi connectivity index (χ4v) is 1.05. The van der Waals surface area contributed by atoms with Crippen molar-refractivity contribution in [2.45, 2.75) is 6.42 Å². The summed E-state index contributed by atoms with van der Waals surface area (Å²) in [7, 11) is 0. The summed E-state index contributed by atoms with van der Waals surface area (Å²) in [6.45, 7) is 2.52. The predicted octanol–water partition coefficient (Wildman–Crippen LogP) is -0.407. The number of hydrogen-bond donors (Lipinski definition) is 3. The maximum atomic E-state index is 8.62. The molecule has 68 valence electrons. The van der Waals surface area contributed by atoms with E-state index in [9.17, 15) is 0 Å². The van der Waals surface area contributed by atoms with Crippen LogP contribution in [0.15, 0.2) is 0 Å². The Balaban J connectivity index is 3.34. The van der Waals surface area contributed by atoms with Crippen molar-refractivity contribution in [2.75, 3.05) is 38.6 Å². The summed E-state index contributed by atoms with van der Waals surface area (Å²) in [5, 5.41) is 17.2. The van der Waals surface area contributed by atoms with E-state index in [0.717, 1.165) is 18.7 Å². The Morgan fingerprint density at radius 3 is 1.91 bits per heavy atom. The first-order chi connectivity index (χ1) is 5.35. The first-order valence-electron chi connectivity index (χ1n) is 3.90. The van der Waals surface area contributed by atoms with Gasteiger partial charge in [0.25, 0.3) is 0 Å². The van der Waals surface area contributed by atoms with Gasteiger partial charge in [-0.25, -0.2) is 0 Å². The average molecular weight is 179 g/mol. The van der Waals surface area contributed by atoms with Gasteiger partial charge in [-0.15, -0.1) is 0 Å². The first-order valence-corrected chi connectivity index (χ1v) is 4.53. The van der Waals surface area contributed by atoms with E-state index in [2.05, 4.69) is 12.6 Å². The molecule has 0 aromatic carbocycles. The Morgan fingerprint density at radius 1 is 1.00 bits per heavy atom. The molecule has 3 nitrogen and oxygen atoms in total. The van der Waals surface area contributed by atoms with E-state index in [4.69, 9.17) is 10.2 Å². The molecule has 0 aliphatic rings. The first kappa shape index (κ1) is 11.2. The molecular weight excluding hydrogens is 162 g/mol. The van der Waals surface area contributed by atoms with Crippen LogP contribution in [0.3, 0.4) is 0 Å². The lowest BCUT2D eigenvalue weighted by molar-refractivity contribution is 0.161. The number of rotatable bonds is 7. The van der Waals surface area contributed by atoms with Crippen molar-refractivity contribution in [1.82, 2.24) is 4.90 Å². The minimum absolute atomic E-state index is 0.159. The lowest BCUT2D eigenvalue weighted by Crippen LogP contribution is -2.30. The molecule has 0 aliphatic heterocycles. The number of aliphatic hydroxyl groups is 2. The number of aliphatic hydroxyl groups excluding tert-OH is 2. The molecule has 4 heteroatoms. The third-order valence-electron chi connectivity index (χ3n) is 1.46. The Morgan fingerprint density at radius 2 is 1.55 bits per heavy atom. The van der Waals surface area contributed by atoms with Crippen molar-refractivity contribution in [3.63, 3.8) is 0 Å². The number of nitrogens with zero attached hydrogens (tertiary/aromatic N) is 1. The summed E-state index contributed by atoms with van der Waals surface area (Å²) < 4.78 is 0. The second kappa shape index (κ2) is 8.33. The van der Waals surface area contributed by atoms with E-state index >= 15 is 0 Å². The summed E-state index contributed by atoms with van der Waals surface area (Å²) in [4.78, 5) is 2.02. The van der Waals surface area contributed by atoms with Crippen molar-refractivity contribution in [1.29, 1.82) is 0 Å². The quantitative estimate of drug-likeness (QED) is 0.466. The molecule has 0 bridgehead atoms. The van der Waals surface area contributed by atoms with Crippen molar-refractivity contribution in [2.24, 2.45) is 0 Å². The highest BCUT2D eigenvalue weighted by Gasteiger charge is 2.00. The van der Waals surface area contributed by atoms with E-state index in [1.165, 1.54) is 0 Å². The SMILES string of the molecule is OCCN(CCO)CCCS. The lowest BCUT2D eigenvalue weighted by atomic mass is 10.4. The highest BCUT2D eigenvalue weighted by Crippen LogP contribution is 1.91. The Bertz CT molecular complexity index is 76.8. The van der Waals surface area contributed by atoms with Crippen LogP contribution in [-0.4, -0.2) is 53.7 Å². The van der Waals surface area contributed by atoms with Gasteiger partial charge in [-0.05, 0) is 18.7 Å². The Hall–Kier alpha value is 0.230. The van der Waals surface area contributed by atoms with E-state index in [-0.39, 0.29) is 13.2 Å². The predicted molar refractivity (Wildman–Crippen MR) is 49.1 cm³/mol. The molecule has 0 fully saturated rings. The average Bonchev–Trinajstić information content (AvgIpc) is 2.01. The summed E-state index contributed by atoms with van der Waals surface area (Å²) in [5.74, 6) is 0.855. The third kappa shape index (κ3) is 6.62. The molecule has 0 unspecified atom stereocenters. The zero-order valence-corrected chi connectivity index (χ0v) is 7.63. The van der Waals surface area contributed by atoms with Crippen molar-refractivity contribution >= 4 is 12.6 Å². The van der Waals surface area contributed by atoms with Crippen LogP contribution in [0.1, 0.15) is 6.42 Å². The van der Waals surface area contributed by atoms with Gasteiger partial charge in [0.15, 0.2) is 0 Å². The molecule has 0 saturated carbocycles. The standard InChI is InChI=1S/C7H17NO2S/c9-5-3-8(4-6-10)2-1-7-11/h9-11H,1-7H2. The smallest absolute Gasteiger partial charge is 0.0558 e. The van der Waals surface area contributed by atoms with Crippen LogP contribution in [0.2, 0.25) is 0 Å². The molecule has 2 N–H and O–H groups in total. The van der Waals surface area contributed by atoms with Gasteiger partial charge < -0.3 is 10.2 Å². The van der Waals surface area contributed by atoms with Crippen LogP contribution >= 0.6 is 12.6 Å². The van der Waals surface area contributed by atoms with Crippen LogP contribution in [-0.2, 0) is 0 Å². The Kier molecular flexibility index (Phi) is 8.50. The number of thiol groups is 1. The molecule has 11 heavy (non-hydrogen) atoms. The summed E-state index contributed by atoms with van der Waals surface area (Å²) in [6.07, 6.45) is 1.00. The fourth-order valence-electron chi connectivity index (χ4n) is 0.913. The maximum Gasteiger partial charge on any atom is 0.0558 e. The van der Waals surface area contributed by atoms with E-state index in [0.29, 0.717) is 13.1 Å². The largest absolute Gasteiger partial charge is 0.395 e. The molecule has 0 amide bonds. The molecule has 0 saturated heterocycles. The summed E-state index contributed by atoms with van der Waals surface area (Å²) in [5.41, 5.74) is 0. The minimum Gasteiger partial charge on any atom is -0.395 e. The highest BCUT2D eigenvalue weighted by atomic mass is 32.1. The normalized spacial score (nSPS) is 10.9. The maximum absolute atomic E-state index is 8.62. The van der Waals surface area contributed by atoms with E-state index in [1.54, 1.807) is 0 Å². The lowest BCUT2D eigenvalue weighted by Gasteiger charge is -2.18. The van der Waals surface area contributed by atoms with Crippen LogP contribution in [0, 0.1) is 0 Å². The van der Waals surface area contributed by atoms with Crippen molar-refractivity contribution < 1.29 is 10.2 Å². The van der Waals surface area contributed by atoms with E-state index in [1.807, 2.05) is 4.90 Å². The van der Waals surface area contributed by atoms with Crippen LogP contribution in [0.5, 0.6) is 0 Å². The molecule has 0 rings (SSSR count). The van der Waals surface area contributed by atoms with Crippen LogP contribution in [0.25, 0.3) is 0 Å². The molecule has 0 atom stereocenters. The molecule has 0 radical (unpaired) electrons. The van der Waals surface area contributed by atoms with Crippen LogP contribution in [0.4, 0.5) is 0 Å². The van der Waals surface area contributed by atoms with Gasteiger partial charge in [0.2, 0.25) is 0 Å². The second-order valence-electron chi connectivity index (χ2n) is 2.37. The molecule has 0 heterocycles. The zero-order valence-electron chi connectivity index (χ0n) is 6.74. The van der Waals surface area contributed by atoms with Gasteiger partial charge in [-0.2, -0.15) is 12.6 Å². The van der Waals surface area contributed by atoms with Gasteiger partial charge in [0.1, 0.15) is 0 Å². The fraction of sp³-hybridized carbons (Fsp3) is 1.00. The molecule has 0 aromatic heterocycles. The number of hydrogen-bond acceptors (Lipinski definition) is 4. The molecule has 0 aliphatic carbocycles. The monoisotopic (exact) mass is 179 g/mol. The molecular formula is C7H17NO2S. The van der Waals surface area contributed by atoms with Gasteiger partial charge in [-0.1, -0.05) is 0 Å². The van der Waals surface area contributed by atoms with Crippen molar-refractivity contribution in [3.05, 3.63) is 0 Å². The van der Waals surface area contributed by atoms with Crippen LogP contribution < -0.4 is 0 Å². The topological polar surface area (TPSA) is 43.7 Å². The minimum atomic E-state index is 0.159. The summed E-state index contributed by atoms with van der Waals surface area (Å²) >= 11 is 4.08. The van der Waals surface area contributed by atoms with Gasteiger partial charge in [0, 0.05) is 13.1 Å². The van der Waals surface area contributed by atoms with E-state index < -0.39 is 0 Å².